The average molecular weight is 304 g/mol. The van der Waals surface area contributed by atoms with E-state index in [2.05, 4.69) is 40.7 Å². The van der Waals surface area contributed by atoms with Gasteiger partial charge in [-0.3, -0.25) is 0 Å². The van der Waals surface area contributed by atoms with Crippen molar-refractivity contribution in [3.8, 4) is 11.5 Å². The number of fused-ring (bicyclic) bond motifs is 1. The predicted octanol–water partition coefficient (Wildman–Crippen LogP) is 3.59. The molecule has 112 valence electrons. The molecule has 1 aromatic carbocycles. The van der Waals surface area contributed by atoms with Crippen LogP contribution in [0.25, 0.3) is 0 Å². The molecule has 2 heterocycles. The van der Waals surface area contributed by atoms with E-state index in [1.54, 1.807) is 25.6 Å². The van der Waals surface area contributed by atoms with Gasteiger partial charge in [0, 0.05) is 29.6 Å². The molecule has 1 N–H and O–H groups in total. The maximum Gasteiger partial charge on any atom is 0.162 e. The average Bonchev–Trinajstić information content (AvgIpc) is 3.02. The van der Waals surface area contributed by atoms with E-state index in [0.717, 1.165) is 30.3 Å². The van der Waals surface area contributed by atoms with Crippen LogP contribution < -0.4 is 19.7 Å². The summed E-state index contributed by atoms with van der Waals surface area (Å²) in [6.45, 7) is 4.08. The largest absolute Gasteiger partial charge is 0.493 e. The molecule has 0 aliphatic carbocycles. The molecule has 3 rings (SSSR count). The van der Waals surface area contributed by atoms with Gasteiger partial charge in [0.2, 0.25) is 0 Å². The Balaban J connectivity index is 1.99. The minimum absolute atomic E-state index is 0.428. The van der Waals surface area contributed by atoms with Crippen molar-refractivity contribution in [1.82, 2.24) is 0 Å². The first-order valence-corrected chi connectivity index (χ1v) is 7.90. The zero-order valence-corrected chi connectivity index (χ0v) is 13.4. The molecule has 0 saturated carbocycles. The van der Waals surface area contributed by atoms with Crippen LogP contribution in [0.15, 0.2) is 29.6 Å². The molecule has 0 fully saturated rings. The van der Waals surface area contributed by atoms with Crippen LogP contribution in [0.1, 0.15) is 11.8 Å². The van der Waals surface area contributed by atoms with Crippen molar-refractivity contribution in [3.63, 3.8) is 0 Å². The summed E-state index contributed by atoms with van der Waals surface area (Å²) in [5, 5.41) is 5.60. The second kappa shape index (κ2) is 5.85. The minimum Gasteiger partial charge on any atom is -0.493 e. The highest BCUT2D eigenvalue weighted by Gasteiger charge is 2.25. The van der Waals surface area contributed by atoms with Crippen molar-refractivity contribution in [2.75, 3.05) is 31.0 Å². The molecular weight excluding hydrogens is 284 g/mol. The van der Waals surface area contributed by atoms with Crippen LogP contribution in [0.3, 0.4) is 0 Å². The first-order valence-electron chi connectivity index (χ1n) is 7.02. The summed E-state index contributed by atoms with van der Waals surface area (Å²) in [4.78, 5) is 3.78. The quantitative estimate of drug-likeness (QED) is 0.936. The van der Waals surface area contributed by atoms with Crippen LogP contribution in [-0.4, -0.2) is 26.8 Å². The van der Waals surface area contributed by atoms with E-state index in [9.17, 15) is 0 Å². The Labute approximate surface area is 129 Å². The van der Waals surface area contributed by atoms with Gasteiger partial charge in [-0.1, -0.05) is 6.07 Å². The Bertz CT molecular complexity index is 613. The van der Waals surface area contributed by atoms with Gasteiger partial charge in [-0.05, 0) is 18.4 Å². The highest BCUT2D eigenvalue weighted by atomic mass is 32.1. The van der Waals surface area contributed by atoms with E-state index in [-0.39, 0.29) is 0 Å². The molecule has 2 aromatic rings. The third-order valence-corrected chi connectivity index (χ3v) is 4.70. The number of ether oxygens (including phenoxy) is 2. The number of hydrogen-bond donors (Lipinski definition) is 1. The number of rotatable bonds is 4. The molecule has 5 heteroatoms. The van der Waals surface area contributed by atoms with Gasteiger partial charge in [0.25, 0.3) is 0 Å². The number of nitrogens with zero attached hydrogens (tertiary/aromatic N) is 1. The predicted molar refractivity (Wildman–Crippen MR) is 88.0 cm³/mol. The lowest BCUT2D eigenvalue weighted by Gasteiger charge is -2.38. The van der Waals surface area contributed by atoms with Crippen molar-refractivity contribution < 1.29 is 9.47 Å². The standard InChI is InChI=1S/C16H20N2O2S/c1-11-9-17-13-7-15(19-2)16(20-3)8-14(13)18(11)10-12-5-4-6-21-12/h4-8,11,17H,9-10H2,1-3H3. The summed E-state index contributed by atoms with van der Waals surface area (Å²) in [5.74, 6) is 1.53. The van der Waals surface area contributed by atoms with Gasteiger partial charge in [-0.25, -0.2) is 0 Å². The first kappa shape index (κ1) is 14.1. The number of thiophene rings is 1. The Hall–Kier alpha value is -1.88. The van der Waals surface area contributed by atoms with Crippen LogP contribution in [-0.2, 0) is 6.54 Å². The van der Waals surface area contributed by atoms with E-state index in [1.807, 2.05) is 6.07 Å². The Morgan fingerprint density at radius 1 is 1.29 bits per heavy atom. The van der Waals surface area contributed by atoms with Crippen LogP contribution in [0.5, 0.6) is 11.5 Å². The van der Waals surface area contributed by atoms with Crippen LogP contribution >= 0.6 is 11.3 Å². The number of anilines is 2. The van der Waals surface area contributed by atoms with Crippen molar-refractivity contribution in [2.45, 2.75) is 19.5 Å². The summed E-state index contributed by atoms with van der Waals surface area (Å²) >= 11 is 1.79. The lowest BCUT2D eigenvalue weighted by atomic mass is 10.1. The van der Waals surface area contributed by atoms with E-state index >= 15 is 0 Å². The molecule has 0 saturated heterocycles. The third kappa shape index (κ3) is 2.65. The number of hydrogen-bond acceptors (Lipinski definition) is 5. The highest BCUT2D eigenvalue weighted by molar-refractivity contribution is 7.09. The summed E-state index contributed by atoms with van der Waals surface area (Å²) in [7, 11) is 3.34. The van der Waals surface area contributed by atoms with Crippen molar-refractivity contribution in [3.05, 3.63) is 34.5 Å². The Morgan fingerprint density at radius 2 is 2.05 bits per heavy atom. The molecule has 0 bridgehead atoms. The van der Waals surface area contributed by atoms with Crippen molar-refractivity contribution >= 4 is 22.7 Å². The molecule has 0 spiro atoms. The van der Waals surface area contributed by atoms with Crippen LogP contribution in [0.2, 0.25) is 0 Å². The maximum absolute atomic E-state index is 5.44. The normalized spacial score (nSPS) is 17.1. The second-order valence-electron chi connectivity index (χ2n) is 5.16. The van der Waals surface area contributed by atoms with Crippen LogP contribution in [0, 0.1) is 0 Å². The van der Waals surface area contributed by atoms with Gasteiger partial charge >= 0.3 is 0 Å². The second-order valence-corrected chi connectivity index (χ2v) is 6.19. The zero-order valence-electron chi connectivity index (χ0n) is 12.6. The van der Waals surface area contributed by atoms with Gasteiger partial charge in [0.15, 0.2) is 11.5 Å². The maximum atomic E-state index is 5.44. The molecule has 4 nitrogen and oxygen atoms in total. The minimum atomic E-state index is 0.428. The molecule has 1 atom stereocenters. The molecule has 1 aromatic heterocycles. The van der Waals surface area contributed by atoms with Crippen molar-refractivity contribution in [1.29, 1.82) is 0 Å². The Morgan fingerprint density at radius 3 is 2.71 bits per heavy atom. The summed E-state index contributed by atoms with van der Waals surface area (Å²) in [5.41, 5.74) is 2.27. The smallest absolute Gasteiger partial charge is 0.162 e. The van der Waals surface area contributed by atoms with E-state index < -0.39 is 0 Å². The van der Waals surface area contributed by atoms with Gasteiger partial charge < -0.3 is 19.7 Å². The summed E-state index contributed by atoms with van der Waals surface area (Å²) in [6.07, 6.45) is 0. The third-order valence-electron chi connectivity index (χ3n) is 3.84. The Kier molecular flexibility index (Phi) is 3.92. The molecule has 1 aliphatic rings. The fourth-order valence-corrected chi connectivity index (χ4v) is 3.37. The molecule has 1 aliphatic heterocycles. The topological polar surface area (TPSA) is 33.7 Å². The summed E-state index contributed by atoms with van der Waals surface area (Å²) < 4.78 is 10.8. The lowest BCUT2D eigenvalue weighted by Crippen LogP contribution is -2.41. The monoisotopic (exact) mass is 304 g/mol. The molecule has 0 amide bonds. The fourth-order valence-electron chi connectivity index (χ4n) is 2.66. The van der Waals surface area contributed by atoms with Gasteiger partial charge in [-0.15, -0.1) is 11.3 Å². The zero-order chi connectivity index (χ0) is 14.8. The number of nitrogens with one attached hydrogen (secondary N) is 1. The lowest BCUT2D eigenvalue weighted by molar-refractivity contribution is 0.355. The van der Waals surface area contributed by atoms with Gasteiger partial charge in [0.1, 0.15) is 0 Å². The SMILES string of the molecule is COc1cc2c(cc1OC)N(Cc1cccs1)C(C)CN2. The van der Waals surface area contributed by atoms with E-state index in [4.69, 9.17) is 9.47 Å². The molecule has 1 unspecified atom stereocenters. The van der Waals surface area contributed by atoms with Crippen LogP contribution in [0.4, 0.5) is 11.4 Å². The first-order chi connectivity index (χ1) is 10.2. The molecule has 21 heavy (non-hydrogen) atoms. The fraction of sp³-hybridized carbons (Fsp3) is 0.375. The van der Waals surface area contributed by atoms with E-state index in [1.165, 1.54) is 10.6 Å². The number of benzene rings is 1. The van der Waals surface area contributed by atoms with Gasteiger partial charge in [0.05, 0.1) is 32.1 Å². The van der Waals surface area contributed by atoms with Crippen molar-refractivity contribution in [2.24, 2.45) is 0 Å². The summed E-state index contributed by atoms with van der Waals surface area (Å²) in [6, 6.07) is 8.78. The molecule has 0 radical (unpaired) electrons. The van der Waals surface area contributed by atoms with Gasteiger partial charge in [-0.2, -0.15) is 0 Å². The number of methoxy groups -OCH3 is 2. The highest BCUT2D eigenvalue weighted by Crippen LogP contribution is 2.41. The molecular formula is C16H20N2O2S. The van der Waals surface area contributed by atoms with E-state index in [0.29, 0.717) is 6.04 Å².